The lowest BCUT2D eigenvalue weighted by molar-refractivity contribution is -0.142. The number of halogens is 1. The Hall–Kier alpha value is -3.71. The monoisotopic (exact) mass is 522 g/mol. The molecule has 8 heteroatoms. The number of ether oxygens (including phenoxy) is 2. The number of aliphatic carboxylic acids is 1. The van der Waals surface area contributed by atoms with Crippen molar-refractivity contribution in [2.75, 3.05) is 30.4 Å². The zero-order valence-electron chi connectivity index (χ0n) is 21.6. The highest BCUT2D eigenvalue weighted by molar-refractivity contribution is 6.34. The molecule has 0 bridgehead atoms. The van der Waals surface area contributed by atoms with Crippen LogP contribution in [0.1, 0.15) is 40.9 Å². The van der Waals surface area contributed by atoms with E-state index in [1.54, 1.807) is 38.1 Å². The minimum absolute atomic E-state index is 0.132. The smallest absolute Gasteiger partial charge is 0.313 e. The van der Waals surface area contributed by atoms with Gasteiger partial charge in [-0.05, 0) is 80.8 Å². The van der Waals surface area contributed by atoms with Crippen molar-refractivity contribution in [3.8, 4) is 11.5 Å². The number of amides is 1. The molecule has 1 aliphatic heterocycles. The number of carboxylic acid groups (broad SMARTS) is 1. The van der Waals surface area contributed by atoms with E-state index < -0.39 is 11.4 Å². The van der Waals surface area contributed by atoms with Crippen molar-refractivity contribution in [3.05, 3.63) is 81.9 Å². The molecule has 3 aromatic rings. The van der Waals surface area contributed by atoms with Gasteiger partial charge in [-0.1, -0.05) is 29.8 Å². The largest absolute Gasteiger partial charge is 0.489 e. The molecule has 1 aliphatic rings. The lowest BCUT2D eigenvalue weighted by Crippen LogP contribution is -2.41. The van der Waals surface area contributed by atoms with Gasteiger partial charge in [-0.3, -0.25) is 9.59 Å². The maximum absolute atomic E-state index is 13.2. The van der Waals surface area contributed by atoms with E-state index in [0.717, 1.165) is 22.6 Å². The van der Waals surface area contributed by atoms with E-state index in [2.05, 4.69) is 10.2 Å². The first kappa shape index (κ1) is 26.4. The van der Waals surface area contributed by atoms with Crippen LogP contribution in [-0.2, 0) is 10.2 Å². The lowest BCUT2D eigenvalue weighted by Gasteiger charge is -2.33. The molecular formula is C29H31ClN2O5. The molecular weight excluding hydrogens is 492 g/mol. The van der Waals surface area contributed by atoms with Crippen molar-refractivity contribution < 1.29 is 24.2 Å². The predicted molar refractivity (Wildman–Crippen MR) is 146 cm³/mol. The molecule has 0 saturated heterocycles. The molecule has 194 valence electrons. The van der Waals surface area contributed by atoms with Crippen LogP contribution in [0.15, 0.2) is 54.6 Å². The van der Waals surface area contributed by atoms with Crippen LogP contribution in [0.2, 0.25) is 5.02 Å². The molecule has 0 radical (unpaired) electrons. The summed E-state index contributed by atoms with van der Waals surface area (Å²) < 4.78 is 12.2. The van der Waals surface area contributed by atoms with Crippen LogP contribution in [0, 0.1) is 13.8 Å². The number of aryl methyl sites for hydroxylation is 2. The fourth-order valence-corrected chi connectivity index (χ4v) is 4.44. The van der Waals surface area contributed by atoms with Crippen molar-refractivity contribution in [1.82, 2.24) is 0 Å². The zero-order chi connectivity index (χ0) is 26.9. The highest BCUT2D eigenvalue weighted by atomic mass is 35.5. The number of anilines is 2. The summed E-state index contributed by atoms with van der Waals surface area (Å²) in [6.07, 6.45) is -0.132. The van der Waals surface area contributed by atoms with Gasteiger partial charge in [0.05, 0.1) is 28.4 Å². The molecule has 0 unspecified atom stereocenters. The van der Waals surface area contributed by atoms with E-state index in [1.807, 2.05) is 51.2 Å². The van der Waals surface area contributed by atoms with Gasteiger partial charge in [-0.15, -0.1) is 0 Å². The molecule has 3 aromatic carbocycles. The normalized spacial score (nSPS) is 15.0. The maximum atomic E-state index is 13.2. The average molecular weight is 523 g/mol. The third kappa shape index (κ3) is 5.52. The third-order valence-electron chi connectivity index (χ3n) is 6.71. The second-order valence-electron chi connectivity index (χ2n) is 9.91. The average Bonchev–Trinajstić information content (AvgIpc) is 2.85. The van der Waals surface area contributed by atoms with Crippen LogP contribution in [0.4, 0.5) is 11.4 Å². The molecule has 0 spiro atoms. The highest BCUT2D eigenvalue weighted by Gasteiger charge is 2.30. The Morgan fingerprint density at radius 3 is 2.59 bits per heavy atom. The van der Waals surface area contributed by atoms with Gasteiger partial charge >= 0.3 is 5.97 Å². The van der Waals surface area contributed by atoms with Gasteiger partial charge in [0.25, 0.3) is 5.91 Å². The Labute approximate surface area is 222 Å². The lowest BCUT2D eigenvalue weighted by atomic mass is 9.84. The quantitative estimate of drug-likeness (QED) is 0.405. The highest BCUT2D eigenvalue weighted by Crippen LogP contribution is 2.33. The van der Waals surface area contributed by atoms with Gasteiger partial charge in [-0.2, -0.15) is 0 Å². The Morgan fingerprint density at radius 2 is 1.86 bits per heavy atom. The molecule has 0 fully saturated rings. The summed E-state index contributed by atoms with van der Waals surface area (Å²) in [5.41, 5.74) is 2.85. The standard InChI is InChI=1S/C29H31ClN2O5/c1-17-13-26(36-16-20-15-32(5)24-8-6-7-9-25(24)37-20)18(2)12-21(17)27(33)31-23-14-19(10-11-22(23)30)29(3,4)28(34)35/h6-14,20H,15-16H2,1-5H3,(H,31,33)(H,34,35)/t20-/m0/s1. The minimum Gasteiger partial charge on any atom is -0.489 e. The topological polar surface area (TPSA) is 88.1 Å². The van der Waals surface area contributed by atoms with E-state index in [4.69, 9.17) is 21.1 Å². The van der Waals surface area contributed by atoms with Crippen LogP contribution in [0.3, 0.4) is 0 Å². The fourth-order valence-electron chi connectivity index (χ4n) is 4.28. The summed E-state index contributed by atoms with van der Waals surface area (Å²) in [7, 11) is 2.03. The number of para-hydroxylation sites is 2. The van der Waals surface area contributed by atoms with Gasteiger partial charge in [0, 0.05) is 12.6 Å². The Balaban J connectivity index is 1.47. The van der Waals surface area contributed by atoms with Crippen molar-refractivity contribution in [3.63, 3.8) is 0 Å². The van der Waals surface area contributed by atoms with Crippen molar-refractivity contribution in [2.45, 2.75) is 39.2 Å². The first-order valence-electron chi connectivity index (χ1n) is 12.0. The van der Waals surface area contributed by atoms with Gasteiger partial charge in [0.1, 0.15) is 24.2 Å². The molecule has 7 nitrogen and oxygen atoms in total. The number of carbonyl (C=O) groups is 2. The van der Waals surface area contributed by atoms with Crippen LogP contribution in [-0.4, -0.2) is 43.3 Å². The third-order valence-corrected chi connectivity index (χ3v) is 7.04. The Morgan fingerprint density at radius 1 is 1.14 bits per heavy atom. The SMILES string of the molecule is Cc1cc(C(=O)Nc2cc(C(C)(C)C(=O)O)ccc2Cl)c(C)cc1OC[C@@H]1CN(C)c2ccccc2O1. The predicted octanol–water partition coefficient (Wildman–Crippen LogP) is 5.85. The van der Waals surface area contributed by atoms with E-state index in [0.29, 0.717) is 40.7 Å². The number of nitrogens with zero attached hydrogens (tertiary/aromatic N) is 1. The number of rotatable bonds is 7. The first-order chi connectivity index (χ1) is 17.5. The van der Waals surface area contributed by atoms with Gasteiger partial charge in [0.15, 0.2) is 0 Å². The molecule has 1 heterocycles. The van der Waals surface area contributed by atoms with E-state index >= 15 is 0 Å². The summed E-state index contributed by atoms with van der Waals surface area (Å²) in [4.78, 5) is 27.0. The number of benzene rings is 3. The molecule has 37 heavy (non-hydrogen) atoms. The Bertz CT molecular complexity index is 1350. The summed E-state index contributed by atoms with van der Waals surface area (Å²) >= 11 is 6.31. The van der Waals surface area contributed by atoms with Gasteiger partial charge < -0.3 is 24.8 Å². The molecule has 1 amide bonds. The first-order valence-corrected chi connectivity index (χ1v) is 12.4. The number of fused-ring (bicyclic) bond motifs is 1. The second-order valence-corrected chi connectivity index (χ2v) is 10.3. The number of carbonyl (C=O) groups excluding carboxylic acids is 1. The molecule has 0 aliphatic carbocycles. The number of nitrogens with one attached hydrogen (secondary N) is 1. The summed E-state index contributed by atoms with van der Waals surface area (Å²) in [6, 6.07) is 16.4. The Kier molecular flexibility index (Phi) is 7.37. The van der Waals surface area contributed by atoms with Crippen molar-refractivity contribution in [1.29, 1.82) is 0 Å². The molecule has 0 aromatic heterocycles. The maximum Gasteiger partial charge on any atom is 0.313 e. The van der Waals surface area contributed by atoms with E-state index in [9.17, 15) is 14.7 Å². The molecule has 1 atom stereocenters. The van der Waals surface area contributed by atoms with Crippen LogP contribution in [0.25, 0.3) is 0 Å². The molecule has 0 saturated carbocycles. The number of hydrogen-bond acceptors (Lipinski definition) is 5. The van der Waals surface area contributed by atoms with Crippen LogP contribution >= 0.6 is 11.6 Å². The van der Waals surface area contributed by atoms with Crippen LogP contribution in [0.5, 0.6) is 11.5 Å². The minimum atomic E-state index is -1.13. The summed E-state index contributed by atoms with van der Waals surface area (Å²) in [5.74, 6) is 0.207. The number of hydrogen-bond donors (Lipinski definition) is 2. The molecule has 2 N–H and O–H groups in total. The van der Waals surface area contributed by atoms with Crippen molar-refractivity contribution in [2.24, 2.45) is 0 Å². The van der Waals surface area contributed by atoms with Gasteiger partial charge in [-0.25, -0.2) is 0 Å². The summed E-state index contributed by atoms with van der Waals surface area (Å²) in [5, 5.41) is 12.7. The van der Waals surface area contributed by atoms with E-state index in [-0.39, 0.29) is 12.0 Å². The number of carboxylic acids is 1. The van der Waals surface area contributed by atoms with E-state index in [1.165, 1.54) is 0 Å². The summed E-state index contributed by atoms with van der Waals surface area (Å²) in [6.45, 7) is 8.00. The molecule has 4 rings (SSSR count). The van der Waals surface area contributed by atoms with Crippen LogP contribution < -0.4 is 19.7 Å². The fraction of sp³-hybridized carbons (Fsp3) is 0.310. The van der Waals surface area contributed by atoms with Gasteiger partial charge in [0.2, 0.25) is 0 Å². The van der Waals surface area contributed by atoms with Crippen molar-refractivity contribution >= 4 is 34.9 Å². The number of likely N-dealkylation sites (N-methyl/N-ethyl adjacent to an activating group) is 1. The zero-order valence-corrected chi connectivity index (χ0v) is 22.3. The second kappa shape index (κ2) is 10.3.